The van der Waals surface area contributed by atoms with E-state index in [9.17, 15) is 4.79 Å². The van der Waals surface area contributed by atoms with Gasteiger partial charge in [0.25, 0.3) is 5.91 Å². The van der Waals surface area contributed by atoms with Crippen LogP contribution >= 0.6 is 15.9 Å². The molecule has 0 aromatic heterocycles. The molecule has 0 unspecified atom stereocenters. The topological polar surface area (TPSA) is 23.6 Å². The lowest BCUT2D eigenvalue weighted by Gasteiger charge is -2.18. The van der Waals surface area contributed by atoms with E-state index in [2.05, 4.69) is 58.2 Å². The first-order valence-electron chi connectivity index (χ1n) is 8.43. The van der Waals surface area contributed by atoms with Crippen molar-refractivity contribution < 1.29 is 4.79 Å². The summed E-state index contributed by atoms with van der Waals surface area (Å²) in [5.74, 6) is 0.167. The lowest BCUT2D eigenvalue weighted by atomic mass is 10.1. The van der Waals surface area contributed by atoms with Crippen molar-refractivity contribution in [3.05, 3.63) is 69.7 Å². The molecule has 0 atom stereocenters. The highest BCUT2D eigenvalue weighted by molar-refractivity contribution is 9.10. The SMILES string of the molecule is CN(Cc1ccc(C(=O)N2CCCC2)cc1)Cc1ccccc1Br. The predicted molar refractivity (Wildman–Crippen MR) is 101 cm³/mol. The average Bonchev–Trinajstić information content (AvgIpc) is 3.11. The van der Waals surface area contributed by atoms with Crippen molar-refractivity contribution in [2.24, 2.45) is 0 Å². The molecule has 24 heavy (non-hydrogen) atoms. The van der Waals surface area contributed by atoms with Crippen LogP contribution in [-0.4, -0.2) is 35.8 Å². The van der Waals surface area contributed by atoms with Gasteiger partial charge in [0, 0.05) is 36.2 Å². The third-order valence-electron chi connectivity index (χ3n) is 4.44. The van der Waals surface area contributed by atoms with Gasteiger partial charge in [-0.3, -0.25) is 9.69 Å². The molecule has 0 saturated carbocycles. The first-order valence-corrected chi connectivity index (χ1v) is 9.23. The van der Waals surface area contributed by atoms with E-state index in [0.717, 1.165) is 49.1 Å². The van der Waals surface area contributed by atoms with Crippen molar-refractivity contribution in [3.8, 4) is 0 Å². The number of amides is 1. The molecule has 0 radical (unpaired) electrons. The van der Waals surface area contributed by atoms with Crippen molar-refractivity contribution in [2.45, 2.75) is 25.9 Å². The van der Waals surface area contributed by atoms with Crippen LogP contribution in [0.2, 0.25) is 0 Å². The Labute approximate surface area is 152 Å². The van der Waals surface area contributed by atoms with Crippen molar-refractivity contribution in [2.75, 3.05) is 20.1 Å². The number of hydrogen-bond acceptors (Lipinski definition) is 2. The molecule has 1 heterocycles. The summed E-state index contributed by atoms with van der Waals surface area (Å²) in [5, 5.41) is 0. The van der Waals surface area contributed by atoms with Crippen molar-refractivity contribution in [1.82, 2.24) is 9.80 Å². The second-order valence-corrected chi connectivity index (χ2v) is 7.31. The maximum Gasteiger partial charge on any atom is 0.253 e. The number of hydrogen-bond donors (Lipinski definition) is 0. The number of benzene rings is 2. The number of rotatable bonds is 5. The number of nitrogens with zero attached hydrogens (tertiary/aromatic N) is 2. The maximum atomic E-state index is 12.4. The third kappa shape index (κ3) is 4.25. The van der Waals surface area contributed by atoms with Crippen LogP contribution < -0.4 is 0 Å². The first kappa shape index (κ1) is 17.2. The summed E-state index contributed by atoms with van der Waals surface area (Å²) in [5.41, 5.74) is 3.30. The lowest BCUT2D eigenvalue weighted by molar-refractivity contribution is 0.0793. The predicted octanol–water partition coefficient (Wildman–Crippen LogP) is 4.32. The summed E-state index contributed by atoms with van der Waals surface area (Å²) in [6.07, 6.45) is 2.26. The zero-order valence-corrected chi connectivity index (χ0v) is 15.6. The summed E-state index contributed by atoms with van der Waals surface area (Å²) in [6, 6.07) is 16.4. The fourth-order valence-corrected chi connectivity index (χ4v) is 3.55. The van der Waals surface area contributed by atoms with Crippen molar-refractivity contribution in [1.29, 1.82) is 0 Å². The minimum atomic E-state index is 0.167. The second-order valence-electron chi connectivity index (χ2n) is 6.46. The fourth-order valence-electron chi connectivity index (χ4n) is 3.14. The van der Waals surface area contributed by atoms with Crippen LogP contribution in [-0.2, 0) is 13.1 Å². The maximum absolute atomic E-state index is 12.4. The molecule has 2 aromatic carbocycles. The molecule has 4 heteroatoms. The molecule has 0 spiro atoms. The lowest BCUT2D eigenvalue weighted by Crippen LogP contribution is -2.27. The van der Waals surface area contributed by atoms with Crippen LogP contribution in [0.1, 0.15) is 34.3 Å². The van der Waals surface area contributed by atoms with Gasteiger partial charge < -0.3 is 4.90 Å². The molecule has 1 aliphatic rings. The van der Waals surface area contributed by atoms with Gasteiger partial charge in [0.2, 0.25) is 0 Å². The summed E-state index contributed by atoms with van der Waals surface area (Å²) < 4.78 is 1.14. The minimum absolute atomic E-state index is 0.167. The molecule has 1 amide bonds. The van der Waals surface area contributed by atoms with E-state index >= 15 is 0 Å². The van der Waals surface area contributed by atoms with E-state index < -0.39 is 0 Å². The van der Waals surface area contributed by atoms with Gasteiger partial charge in [-0.15, -0.1) is 0 Å². The van der Waals surface area contributed by atoms with Crippen molar-refractivity contribution >= 4 is 21.8 Å². The van der Waals surface area contributed by atoms with Gasteiger partial charge in [-0.2, -0.15) is 0 Å². The molecular weight excluding hydrogens is 364 g/mol. The Balaban J connectivity index is 1.59. The van der Waals surface area contributed by atoms with Gasteiger partial charge in [-0.05, 0) is 49.2 Å². The normalized spacial score (nSPS) is 14.4. The molecule has 0 bridgehead atoms. The highest BCUT2D eigenvalue weighted by Crippen LogP contribution is 2.19. The van der Waals surface area contributed by atoms with Crippen LogP contribution in [0.25, 0.3) is 0 Å². The van der Waals surface area contributed by atoms with Crippen LogP contribution in [0.3, 0.4) is 0 Å². The van der Waals surface area contributed by atoms with Crippen LogP contribution in [0.4, 0.5) is 0 Å². The van der Waals surface area contributed by atoms with Crippen LogP contribution in [0.5, 0.6) is 0 Å². The van der Waals surface area contributed by atoms with E-state index in [1.165, 1.54) is 11.1 Å². The minimum Gasteiger partial charge on any atom is -0.339 e. The summed E-state index contributed by atoms with van der Waals surface area (Å²) in [4.78, 5) is 16.6. The molecule has 126 valence electrons. The molecule has 2 aromatic rings. The summed E-state index contributed by atoms with van der Waals surface area (Å²) in [6.45, 7) is 3.54. The van der Waals surface area contributed by atoms with E-state index in [0.29, 0.717) is 0 Å². The van der Waals surface area contributed by atoms with E-state index in [1.807, 2.05) is 23.1 Å². The molecule has 3 rings (SSSR count). The molecule has 0 aliphatic carbocycles. The summed E-state index contributed by atoms with van der Waals surface area (Å²) in [7, 11) is 2.11. The number of likely N-dealkylation sites (tertiary alicyclic amines) is 1. The highest BCUT2D eigenvalue weighted by atomic mass is 79.9. The Morgan fingerprint density at radius 2 is 1.71 bits per heavy atom. The van der Waals surface area contributed by atoms with Gasteiger partial charge >= 0.3 is 0 Å². The standard InChI is InChI=1S/C20H23BrN2O/c1-22(15-18-6-2-3-7-19(18)21)14-16-8-10-17(11-9-16)20(24)23-12-4-5-13-23/h2-3,6-11H,4-5,12-15H2,1H3. The number of carbonyl (C=O) groups excluding carboxylic acids is 1. The quantitative estimate of drug-likeness (QED) is 0.763. The van der Waals surface area contributed by atoms with Gasteiger partial charge in [-0.1, -0.05) is 46.3 Å². The zero-order valence-electron chi connectivity index (χ0n) is 14.0. The van der Waals surface area contributed by atoms with Crippen LogP contribution in [0, 0.1) is 0 Å². The van der Waals surface area contributed by atoms with Gasteiger partial charge in [0.1, 0.15) is 0 Å². The highest BCUT2D eigenvalue weighted by Gasteiger charge is 2.19. The Morgan fingerprint density at radius 1 is 1.04 bits per heavy atom. The monoisotopic (exact) mass is 386 g/mol. The fraction of sp³-hybridized carbons (Fsp3) is 0.350. The zero-order chi connectivity index (χ0) is 16.9. The molecular formula is C20H23BrN2O. The van der Waals surface area contributed by atoms with Gasteiger partial charge in [0.15, 0.2) is 0 Å². The number of halogens is 1. The molecule has 0 N–H and O–H groups in total. The molecule has 1 saturated heterocycles. The summed E-state index contributed by atoms with van der Waals surface area (Å²) >= 11 is 3.60. The largest absolute Gasteiger partial charge is 0.339 e. The Morgan fingerprint density at radius 3 is 2.38 bits per heavy atom. The van der Waals surface area contributed by atoms with E-state index in [1.54, 1.807) is 0 Å². The Bertz CT molecular complexity index is 693. The third-order valence-corrected chi connectivity index (χ3v) is 5.22. The molecule has 3 nitrogen and oxygen atoms in total. The van der Waals surface area contributed by atoms with Crippen molar-refractivity contribution in [3.63, 3.8) is 0 Å². The number of carbonyl (C=O) groups is 1. The van der Waals surface area contributed by atoms with E-state index in [4.69, 9.17) is 0 Å². The first-order chi connectivity index (χ1) is 11.6. The molecule has 1 fully saturated rings. The second kappa shape index (κ2) is 7.95. The van der Waals surface area contributed by atoms with E-state index in [-0.39, 0.29) is 5.91 Å². The average molecular weight is 387 g/mol. The van der Waals surface area contributed by atoms with Gasteiger partial charge in [-0.25, -0.2) is 0 Å². The van der Waals surface area contributed by atoms with Crippen LogP contribution in [0.15, 0.2) is 53.0 Å². The Hall–Kier alpha value is -1.65. The Kier molecular flexibility index (Phi) is 5.69. The smallest absolute Gasteiger partial charge is 0.253 e. The van der Waals surface area contributed by atoms with Gasteiger partial charge in [0.05, 0.1) is 0 Å². The molecule has 1 aliphatic heterocycles.